The van der Waals surface area contributed by atoms with Gasteiger partial charge in [0.25, 0.3) is 0 Å². The van der Waals surface area contributed by atoms with Gasteiger partial charge < -0.3 is 15.1 Å². The molecule has 1 aromatic carbocycles. The van der Waals surface area contributed by atoms with Crippen molar-refractivity contribution < 1.29 is 9.18 Å². The molecule has 178 valence electrons. The van der Waals surface area contributed by atoms with E-state index in [4.69, 9.17) is 0 Å². The van der Waals surface area contributed by atoms with E-state index in [9.17, 15) is 4.79 Å². The summed E-state index contributed by atoms with van der Waals surface area (Å²) in [5.41, 5.74) is 3.78. The van der Waals surface area contributed by atoms with Crippen molar-refractivity contribution in [2.24, 2.45) is 11.8 Å². The fourth-order valence-corrected chi connectivity index (χ4v) is 5.57. The molecule has 3 atom stereocenters. The summed E-state index contributed by atoms with van der Waals surface area (Å²) in [4.78, 5) is 17.0. The molecule has 1 N–H and O–H groups in total. The number of anilines is 1. The van der Waals surface area contributed by atoms with Crippen LogP contribution in [0.25, 0.3) is 16.6 Å². The highest BCUT2D eigenvalue weighted by Crippen LogP contribution is 2.39. The van der Waals surface area contributed by atoms with E-state index in [-0.39, 0.29) is 5.92 Å². The fourth-order valence-electron chi connectivity index (χ4n) is 5.57. The first-order valence-electron chi connectivity index (χ1n) is 12.5. The van der Waals surface area contributed by atoms with Gasteiger partial charge >= 0.3 is 0 Å². The second kappa shape index (κ2) is 8.38. The number of aromatic nitrogens is 2. The van der Waals surface area contributed by atoms with Crippen LogP contribution < -0.4 is 10.2 Å². The minimum atomic E-state index is -1.28. The highest BCUT2D eigenvalue weighted by atomic mass is 19.1. The first-order chi connectivity index (χ1) is 16.5. The summed E-state index contributed by atoms with van der Waals surface area (Å²) in [5, 5.41) is 7.71. The summed E-state index contributed by atoms with van der Waals surface area (Å²) >= 11 is 0. The molecule has 0 radical (unpaired) electrons. The number of amides is 1. The number of benzene rings is 1. The van der Waals surface area contributed by atoms with E-state index in [1.165, 1.54) is 0 Å². The number of nitrogens with one attached hydrogen (secondary N) is 1. The smallest absolute Gasteiger partial charge is 0.226 e. The van der Waals surface area contributed by atoms with Crippen molar-refractivity contribution in [3.05, 3.63) is 54.4 Å². The molecular weight excluding hydrogens is 429 g/mol. The van der Waals surface area contributed by atoms with Gasteiger partial charge in [0, 0.05) is 56.6 Å². The largest absolute Gasteiger partial charge is 0.366 e. The van der Waals surface area contributed by atoms with Crippen LogP contribution in [0.4, 0.5) is 10.1 Å². The Labute approximate surface area is 199 Å². The number of carbonyl (C=O) groups is 1. The molecule has 0 spiro atoms. The van der Waals surface area contributed by atoms with Crippen LogP contribution in [0.1, 0.15) is 31.7 Å². The molecule has 0 unspecified atom stereocenters. The molecule has 4 heterocycles. The molecule has 34 heavy (non-hydrogen) atoms. The van der Waals surface area contributed by atoms with Crippen molar-refractivity contribution in [3.8, 4) is 11.1 Å². The van der Waals surface area contributed by atoms with E-state index in [0.29, 0.717) is 24.8 Å². The summed E-state index contributed by atoms with van der Waals surface area (Å²) in [7, 11) is 0. The Morgan fingerprint density at radius 2 is 1.88 bits per heavy atom. The van der Waals surface area contributed by atoms with Gasteiger partial charge in [-0.2, -0.15) is 5.10 Å². The predicted molar refractivity (Wildman–Crippen MR) is 132 cm³/mol. The Balaban J connectivity index is 1.21. The summed E-state index contributed by atoms with van der Waals surface area (Å²) < 4.78 is 17.2. The number of piperazine rings is 1. The lowest BCUT2D eigenvalue weighted by Crippen LogP contribution is -2.49. The first kappa shape index (κ1) is 21.6. The number of halogens is 1. The van der Waals surface area contributed by atoms with Gasteiger partial charge in [-0.15, -0.1) is 0 Å². The molecule has 6 rings (SSSR count). The van der Waals surface area contributed by atoms with E-state index in [2.05, 4.69) is 34.4 Å². The van der Waals surface area contributed by atoms with Gasteiger partial charge in [-0.1, -0.05) is 31.2 Å². The van der Waals surface area contributed by atoms with Gasteiger partial charge in [-0.05, 0) is 55.0 Å². The molecule has 1 aliphatic carbocycles. The lowest BCUT2D eigenvalue weighted by atomic mass is 9.87. The molecule has 2 aromatic heterocycles. The molecule has 7 heteroatoms. The zero-order valence-electron chi connectivity index (χ0n) is 19.7. The normalized spacial score (nSPS) is 27.2. The van der Waals surface area contributed by atoms with Crippen molar-refractivity contribution in [2.75, 3.05) is 44.2 Å². The number of carbonyl (C=O) groups excluding carboxylic acids is 1. The lowest BCUT2D eigenvalue weighted by Gasteiger charge is -2.36. The third-order valence-electron chi connectivity index (χ3n) is 7.91. The zero-order valence-corrected chi connectivity index (χ0v) is 19.7. The lowest BCUT2D eigenvalue weighted by molar-refractivity contribution is -0.133. The summed E-state index contributed by atoms with van der Waals surface area (Å²) in [6, 6.07) is 12.1. The predicted octanol–water partition coefficient (Wildman–Crippen LogP) is 3.85. The number of hydrogen-bond donors (Lipinski definition) is 1. The van der Waals surface area contributed by atoms with Crippen LogP contribution in [0.5, 0.6) is 0 Å². The standard InChI is InChI=1S/C27H32FN5O/c1-19-15-23(19)26(34)32-13-11-31(12-14-32)24-7-10-30-33-17-21(16-25(24)33)20-3-5-22(6-4-20)27(28)8-2-9-29-18-27/h3-7,10,16-17,19,23,29H,2,8-9,11-15,18H2,1H3/t19-,23-,27-/m1/s1. The number of alkyl halides is 1. The van der Waals surface area contributed by atoms with Crippen molar-refractivity contribution in [3.63, 3.8) is 0 Å². The van der Waals surface area contributed by atoms with Gasteiger partial charge in [0.15, 0.2) is 0 Å². The topological polar surface area (TPSA) is 52.9 Å². The van der Waals surface area contributed by atoms with E-state index in [1.54, 1.807) is 0 Å². The second-order valence-electron chi connectivity index (χ2n) is 10.2. The van der Waals surface area contributed by atoms with Crippen molar-refractivity contribution in [1.29, 1.82) is 0 Å². The van der Waals surface area contributed by atoms with Crippen molar-refractivity contribution >= 4 is 17.1 Å². The molecule has 3 aromatic rings. The molecule has 0 bridgehead atoms. The highest BCUT2D eigenvalue weighted by Gasteiger charge is 2.42. The van der Waals surface area contributed by atoms with Crippen LogP contribution >= 0.6 is 0 Å². The van der Waals surface area contributed by atoms with Crippen LogP contribution in [-0.2, 0) is 10.5 Å². The minimum absolute atomic E-state index is 0.250. The summed E-state index contributed by atoms with van der Waals surface area (Å²) in [5.74, 6) is 1.13. The summed E-state index contributed by atoms with van der Waals surface area (Å²) in [6.07, 6.45) is 6.35. The van der Waals surface area contributed by atoms with Gasteiger partial charge in [-0.3, -0.25) is 4.79 Å². The van der Waals surface area contributed by atoms with E-state index in [1.807, 2.05) is 46.1 Å². The Morgan fingerprint density at radius 3 is 2.56 bits per heavy atom. The van der Waals surface area contributed by atoms with Crippen LogP contribution in [0.15, 0.2) is 48.8 Å². The van der Waals surface area contributed by atoms with Crippen LogP contribution in [0.2, 0.25) is 0 Å². The number of fused-ring (bicyclic) bond motifs is 1. The zero-order chi connectivity index (χ0) is 23.3. The Hall–Kier alpha value is -2.93. The van der Waals surface area contributed by atoms with Crippen molar-refractivity contribution in [2.45, 2.75) is 31.9 Å². The maximum Gasteiger partial charge on any atom is 0.226 e. The minimum Gasteiger partial charge on any atom is -0.366 e. The molecule has 1 amide bonds. The Bertz CT molecular complexity index is 1190. The number of nitrogens with zero attached hydrogens (tertiary/aromatic N) is 4. The van der Waals surface area contributed by atoms with E-state index < -0.39 is 5.67 Å². The Kier molecular flexibility index (Phi) is 5.32. The number of piperidine rings is 1. The number of hydrogen-bond acceptors (Lipinski definition) is 4. The summed E-state index contributed by atoms with van der Waals surface area (Å²) in [6.45, 7) is 6.63. The van der Waals surface area contributed by atoms with Gasteiger partial charge in [0.05, 0.1) is 11.2 Å². The molecule has 2 saturated heterocycles. The monoisotopic (exact) mass is 461 g/mol. The highest BCUT2D eigenvalue weighted by molar-refractivity contribution is 5.83. The van der Waals surface area contributed by atoms with Gasteiger partial charge in [0.2, 0.25) is 5.91 Å². The maximum atomic E-state index is 15.3. The SMILES string of the molecule is C[C@@H]1C[C@H]1C(=O)N1CCN(c2ccnn3cc(-c4ccc([C@@]5(F)CCCNC5)cc4)cc23)CC1. The molecule has 6 nitrogen and oxygen atoms in total. The average molecular weight is 462 g/mol. The fraction of sp³-hybridized carbons (Fsp3) is 0.481. The third-order valence-corrected chi connectivity index (χ3v) is 7.91. The molecular formula is C27H32FN5O. The van der Waals surface area contributed by atoms with Crippen LogP contribution in [0, 0.1) is 11.8 Å². The van der Waals surface area contributed by atoms with Crippen LogP contribution in [-0.4, -0.2) is 59.7 Å². The Morgan fingerprint density at radius 1 is 1.12 bits per heavy atom. The quantitative estimate of drug-likeness (QED) is 0.641. The van der Waals surface area contributed by atoms with E-state index >= 15 is 4.39 Å². The van der Waals surface area contributed by atoms with Crippen LogP contribution in [0.3, 0.4) is 0 Å². The molecule has 3 fully saturated rings. The number of rotatable bonds is 4. The first-order valence-corrected chi connectivity index (χ1v) is 12.5. The molecule has 3 aliphatic rings. The third kappa shape index (κ3) is 3.86. The molecule has 2 aliphatic heterocycles. The molecule has 1 saturated carbocycles. The van der Waals surface area contributed by atoms with E-state index in [0.717, 1.165) is 73.5 Å². The van der Waals surface area contributed by atoms with Crippen molar-refractivity contribution in [1.82, 2.24) is 19.8 Å². The average Bonchev–Trinajstić information content (AvgIpc) is 3.44. The maximum absolute atomic E-state index is 15.3. The van der Waals surface area contributed by atoms with Gasteiger partial charge in [-0.25, -0.2) is 8.91 Å². The van der Waals surface area contributed by atoms with Gasteiger partial charge in [0.1, 0.15) is 5.67 Å². The second-order valence-corrected chi connectivity index (χ2v) is 10.2.